The van der Waals surface area contributed by atoms with Gasteiger partial charge in [0.25, 0.3) is 5.91 Å². The van der Waals surface area contributed by atoms with Gasteiger partial charge in [-0.2, -0.15) is 0 Å². The number of hydrogen-bond donors (Lipinski definition) is 2. The highest BCUT2D eigenvalue weighted by Crippen LogP contribution is 2.06. The molecular formula is C12H17N3O3. The van der Waals surface area contributed by atoms with E-state index in [9.17, 15) is 9.59 Å². The highest BCUT2D eigenvalue weighted by atomic mass is 16.4. The Labute approximate surface area is 105 Å². The first-order valence-corrected chi connectivity index (χ1v) is 5.72. The van der Waals surface area contributed by atoms with Crippen molar-refractivity contribution in [2.75, 3.05) is 0 Å². The minimum atomic E-state index is -1.04. The van der Waals surface area contributed by atoms with Crippen LogP contribution in [0.3, 0.4) is 0 Å². The summed E-state index contributed by atoms with van der Waals surface area (Å²) in [5, 5.41) is 11.5. The minimum absolute atomic E-state index is 0.121. The average molecular weight is 251 g/mol. The van der Waals surface area contributed by atoms with Gasteiger partial charge in [0.1, 0.15) is 11.7 Å². The van der Waals surface area contributed by atoms with Crippen LogP contribution >= 0.6 is 0 Å². The van der Waals surface area contributed by atoms with E-state index in [4.69, 9.17) is 5.11 Å². The number of carbonyl (C=O) groups excluding carboxylic acids is 1. The lowest BCUT2D eigenvalue weighted by Crippen LogP contribution is -2.42. The van der Waals surface area contributed by atoms with Crippen LogP contribution in [0.4, 0.5) is 0 Å². The molecule has 1 aromatic rings. The highest BCUT2D eigenvalue weighted by Gasteiger charge is 2.22. The van der Waals surface area contributed by atoms with E-state index in [1.165, 1.54) is 12.4 Å². The van der Waals surface area contributed by atoms with Crippen LogP contribution in [0.25, 0.3) is 0 Å². The molecule has 18 heavy (non-hydrogen) atoms. The summed E-state index contributed by atoms with van der Waals surface area (Å²) < 4.78 is 0. The number of nitrogens with one attached hydrogen (secondary N) is 1. The zero-order chi connectivity index (χ0) is 13.7. The van der Waals surface area contributed by atoms with Gasteiger partial charge in [-0.3, -0.25) is 9.78 Å². The number of rotatable bonds is 5. The fourth-order valence-electron chi connectivity index (χ4n) is 1.43. The molecule has 0 aromatic carbocycles. The van der Waals surface area contributed by atoms with Gasteiger partial charge in [0.2, 0.25) is 0 Å². The third-order valence-corrected chi connectivity index (χ3v) is 2.32. The van der Waals surface area contributed by atoms with Gasteiger partial charge < -0.3 is 10.4 Å². The second-order valence-corrected chi connectivity index (χ2v) is 4.54. The van der Waals surface area contributed by atoms with Gasteiger partial charge in [0.15, 0.2) is 0 Å². The molecule has 0 radical (unpaired) electrons. The maximum atomic E-state index is 11.8. The molecule has 1 aromatic heterocycles. The fourth-order valence-corrected chi connectivity index (χ4v) is 1.43. The predicted octanol–water partition coefficient (Wildman–Crippen LogP) is 1.01. The van der Waals surface area contributed by atoms with Gasteiger partial charge in [-0.15, -0.1) is 0 Å². The van der Waals surface area contributed by atoms with Crippen molar-refractivity contribution in [3.63, 3.8) is 0 Å². The van der Waals surface area contributed by atoms with E-state index >= 15 is 0 Å². The first kappa shape index (κ1) is 14.1. The second-order valence-electron chi connectivity index (χ2n) is 4.54. The van der Waals surface area contributed by atoms with Gasteiger partial charge >= 0.3 is 5.97 Å². The molecule has 0 aliphatic rings. The van der Waals surface area contributed by atoms with Gasteiger partial charge in [0, 0.05) is 6.20 Å². The largest absolute Gasteiger partial charge is 0.480 e. The SMILES string of the molecule is Cc1cnc(C(=O)N[C@@H](CC(C)C)C(=O)O)cn1. The molecule has 0 bridgehead atoms. The molecule has 1 amide bonds. The Morgan fingerprint density at radius 2 is 2.00 bits per heavy atom. The summed E-state index contributed by atoms with van der Waals surface area (Å²) in [5.41, 5.74) is 0.819. The summed E-state index contributed by atoms with van der Waals surface area (Å²) in [6.07, 6.45) is 3.17. The molecule has 1 atom stereocenters. The number of aromatic nitrogens is 2. The lowest BCUT2D eigenvalue weighted by molar-refractivity contribution is -0.139. The average Bonchev–Trinajstić information content (AvgIpc) is 2.28. The molecular weight excluding hydrogens is 234 g/mol. The Balaban J connectivity index is 2.72. The summed E-state index contributed by atoms with van der Waals surface area (Å²) in [6.45, 7) is 5.55. The van der Waals surface area contributed by atoms with Crippen LogP contribution < -0.4 is 5.32 Å². The summed E-state index contributed by atoms with van der Waals surface area (Å²) in [7, 11) is 0. The Morgan fingerprint density at radius 3 is 2.44 bits per heavy atom. The van der Waals surface area contributed by atoms with Crippen molar-refractivity contribution in [3.05, 3.63) is 23.8 Å². The van der Waals surface area contributed by atoms with Crippen LogP contribution in [0, 0.1) is 12.8 Å². The molecule has 1 rings (SSSR count). The first-order chi connectivity index (χ1) is 8.40. The monoisotopic (exact) mass is 251 g/mol. The van der Waals surface area contributed by atoms with Gasteiger partial charge in [-0.25, -0.2) is 9.78 Å². The maximum Gasteiger partial charge on any atom is 0.326 e. The summed E-state index contributed by atoms with van der Waals surface area (Å²) in [5.74, 6) is -1.39. The number of hydrogen-bond acceptors (Lipinski definition) is 4. The van der Waals surface area contributed by atoms with Crippen molar-refractivity contribution in [3.8, 4) is 0 Å². The van der Waals surface area contributed by atoms with E-state index in [2.05, 4.69) is 15.3 Å². The Morgan fingerprint density at radius 1 is 1.33 bits per heavy atom. The smallest absolute Gasteiger partial charge is 0.326 e. The predicted molar refractivity (Wildman–Crippen MR) is 65.1 cm³/mol. The molecule has 0 saturated carbocycles. The van der Waals surface area contributed by atoms with Crippen molar-refractivity contribution >= 4 is 11.9 Å². The van der Waals surface area contributed by atoms with Crippen molar-refractivity contribution in [1.29, 1.82) is 0 Å². The van der Waals surface area contributed by atoms with Gasteiger partial charge in [0.05, 0.1) is 11.9 Å². The molecule has 98 valence electrons. The molecule has 2 N–H and O–H groups in total. The second kappa shape index (κ2) is 6.09. The van der Waals surface area contributed by atoms with E-state index in [1.54, 1.807) is 6.92 Å². The quantitative estimate of drug-likeness (QED) is 0.815. The van der Waals surface area contributed by atoms with E-state index in [0.29, 0.717) is 12.1 Å². The number of aliphatic carboxylic acids is 1. The minimum Gasteiger partial charge on any atom is -0.480 e. The molecule has 6 heteroatoms. The van der Waals surface area contributed by atoms with E-state index < -0.39 is 17.9 Å². The number of aryl methyl sites for hydroxylation is 1. The van der Waals surface area contributed by atoms with Crippen LogP contribution in [0.1, 0.15) is 36.5 Å². The number of carboxylic acid groups (broad SMARTS) is 1. The van der Waals surface area contributed by atoms with Crippen LogP contribution in [0.5, 0.6) is 0 Å². The first-order valence-electron chi connectivity index (χ1n) is 5.72. The van der Waals surface area contributed by atoms with Crippen LogP contribution in [0.15, 0.2) is 12.4 Å². The fraction of sp³-hybridized carbons (Fsp3) is 0.500. The van der Waals surface area contributed by atoms with Crippen molar-refractivity contribution in [2.24, 2.45) is 5.92 Å². The molecule has 0 fully saturated rings. The molecule has 0 unspecified atom stereocenters. The molecule has 0 aliphatic carbocycles. The lowest BCUT2D eigenvalue weighted by Gasteiger charge is -2.15. The zero-order valence-electron chi connectivity index (χ0n) is 10.7. The number of carboxylic acids is 1. The van der Waals surface area contributed by atoms with Crippen LogP contribution in [-0.2, 0) is 4.79 Å². The van der Waals surface area contributed by atoms with Crippen molar-refractivity contribution in [1.82, 2.24) is 15.3 Å². The number of carbonyl (C=O) groups is 2. The topological polar surface area (TPSA) is 92.2 Å². The summed E-state index contributed by atoms with van der Waals surface area (Å²) in [4.78, 5) is 30.6. The van der Waals surface area contributed by atoms with Crippen LogP contribution in [0.2, 0.25) is 0 Å². The third-order valence-electron chi connectivity index (χ3n) is 2.32. The highest BCUT2D eigenvalue weighted by molar-refractivity contribution is 5.94. The molecule has 0 saturated heterocycles. The Bertz CT molecular complexity index is 429. The molecule has 0 aliphatic heterocycles. The maximum absolute atomic E-state index is 11.8. The third kappa shape index (κ3) is 4.12. The van der Waals surface area contributed by atoms with Crippen LogP contribution in [-0.4, -0.2) is 33.0 Å². The van der Waals surface area contributed by atoms with E-state index in [-0.39, 0.29) is 11.6 Å². The zero-order valence-corrected chi connectivity index (χ0v) is 10.7. The van der Waals surface area contributed by atoms with E-state index in [0.717, 1.165) is 0 Å². The van der Waals surface area contributed by atoms with E-state index in [1.807, 2.05) is 13.8 Å². The molecule has 6 nitrogen and oxygen atoms in total. The Kier molecular flexibility index (Phi) is 4.76. The molecule has 1 heterocycles. The molecule has 0 spiro atoms. The lowest BCUT2D eigenvalue weighted by atomic mass is 10.0. The van der Waals surface area contributed by atoms with Gasteiger partial charge in [-0.1, -0.05) is 13.8 Å². The standard InChI is InChI=1S/C12H17N3O3/c1-7(2)4-9(12(17)18)15-11(16)10-6-13-8(3)5-14-10/h5-7,9H,4H2,1-3H3,(H,15,16)(H,17,18)/t9-/m0/s1. The normalized spacial score (nSPS) is 12.2. The van der Waals surface area contributed by atoms with Crippen molar-refractivity contribution in [2.45, 2.75) is 33.2 Å². The van der Waals surface area contributed by atoms with Crippen molar-refractivity contribution < 1.29 is 14.7 Å². The Hall–Kier alpha value is -1.98. The number of amides is 1. The summed E-state index contributed by atoms with van der Waals surface area (Å²) >= 11 is 0. The number of nitrogens with zero attached hydrogens (tertiary/aromatic N) is 2. The summed E-state index contributed by atoms with van der Waals surface area (Å²) in [6, 6.07) is -0.902. The van der Waals surface area contributed by atoms with Gasteiger partial charge in [-0.05, 0) is 19.3 Å².